The molecule has 0 atom stereocenters. The Morgan fingerprint density at radius 3 is 2.65 bits per heavy atom. The largest absolute Gasteiger partial charge is 0.497 e. The molecule has 0 N–H and O–H groups in total. The van der Waals surface area contributed by atoms with Gasteiger partial charge in [0.05, 0.1) is 7.11 Å². The molecule has 0 bridgehead atoms. The van der Waals surface area contributed by atoms with Crippen molar-refractivity contribution in [2.45, 2.75) is 20.3 Å². The maximum atomic E-state index is 11.7. The van der Waals surface area contributed by atoms with Crippen LogP contribution in [0.4, 0.5) is 0 Å². The van der Waals surface area contributed by atoms with Crippen molar-refractivity contribution in [3.05, 3.63) is 47.1 Å². The molecule has 0 fully saturated rings. The molecule has 1 aliphatic rings. The Morgan fingerprint density at radius 2 is 2.12 bits per heavy atom. The predicted molar refractivity (Wildman–Crippen MR) is 69.3 cm³/mol. The van der Waals surface area contributed by atoms with E-state index < -0.39 is 0 Å². The van der Waals surface area contributed by atoms with Gasteiger partial charge in [-0.05, 0) is 43.5 Å². The molecular formula is C15H16O2. The fourth-order valence-corrected chi connectivity index (χ4v) is 2.07. The van der Waals surface area contributed by atoms with Crippen LogP contribution in [0.1, 0.15) is 36.2 Å². The lowest BCUT2D eigenvalue weighted by molar-refractivity contribution is 0.101. The maximum absolute atomic E-state index is 11.7. The van der Waals surface area contributed by atoms with Crippen LogP contribution in [0.15, 0.2) is 35.9 Å². The van der Waals surface area contributed by atoms with E-state index in [0.717, 1.165) is 23.3 Å². The van der Waals surface area contributed by atoms with Crippen molar-refractivity contribution in [2.75, 3.05) is 7.11 Å². The first kappa shape index (κ1) is 11.6. The zero-order chi connectivity index (χ0) is 12.4. The molecular weight excluding hydrogens is 212 g/mol. The summed E-state index contributed by atoms with van der Waals surface area (Å²) in [6.07, 6.45) is 5.20. The second kappa shape index (κ2) is 4.58. The van der Waals surface area contributed by atoms with E-state index in [1.807, 2.05) is 18.2 Å². The molecule has 0 unspecified atom stereocenters. The molecule has 2 nitrogen and oxygen atoms in total. The molecule has 0 aromatic heterocycles. The molecule has 1 aromatic rings. The van der Waals surface area contributed by atoms with Crippen LogP contribution in [0.2, 0.25) is 0 Å². The van der Waals surface area contributed by atoms with Crippen molar-refractivity contribution >= 4 is 11.4 Å². The van der Waals surface area contributed by atoms with Crippen LogP contribution in [0.5, 0.6) is 5.75 Å². The number of hydrogen-bond donors (Lipinski definition) is 0. The van der Waals surface area contributed by atoms with Gasteiger partial charge in [0.25, 0.3) is 0 Å². The van der Waals surface area contributed by atoms with E-state index in [4.69, 9.17) is 4.74 Å². The smallest absolute Gasteiger partial charge is 0.160 e. The van der Waals surface area contributed by atoms with E-state index in [2.05, 4.69) is 19.1 Å². The third-order valence-corrected chi connectivity index (χ3v) is 3.00. The summed E-state index contributed by atoms with van der Waals surface area (Å²) in [7, 11) is 1.61. The first-order valence-electron chi connectivity index (χ1n) is 5.68. The van der Waals surface area contributed by atoms with Gasteiger partial charge < -0.3 is 4.74 Å². The molecule has 0 heterocycles. The molecule has 1 aromatic carbocycles. The summed E-state index contributed by atoms with van der Waals surface area (Å²) in [5, 5.41) is 0. The van der Waals surface area contributed by atoms with Crippen LogP contribution in [-0.2, 0) is 0 Å². The van der Waals surface area contributed by atoms with E-state index in [0.29, 0.717) is 0 Å². The monoisotopic (exact) mass is 228 g/mol. The molecule has 88 valence electrons. The van der Waals surface area contributed by atoms with Gasteiger partial charge in [-0.3, -0.25) is 4.79 Å². The van der Waals surface area contributed by atoms with Crippen LogP contribution in [0, 0.1) is 0 Å². The molecule has 0 aliphatic heterocycles. The highest BCUT2D eigenvalue weighted by Crippen LogP contribution is 2.31. The second-order valence-electron chi connectivity index (χ2n) is 4.29. The summed E-state index contributed by atoms with van der Waals surface area (Å²) >= 11 is 0. The number of methoxy groups -OCH3 is 1. The van der Waals surface area contributed by atoms with Crippen LogP contribution in [0.25, 0.3) is 5.57 Å². The summed E-state index contributed by atoms with van der Waals surface area (Å²) in [5.41, 5.74) is 4.21. The maximum Gasteiger partial charge on any atom is 0.160 e. The van der Waals surface area contributed by atoms with Crippen LogP contribution in [-0.4, -0.2) is 12.9 Å². The third kappa shape index (κ3) is 2.31. The number of hydrogen-bond acceptors (Lipinski definition) is 2. The molecule has 0 saturated carbocycles. The quantitative estimate of drug-likeness (QED) is 0.738. The molecule has 0 amide bonds. The van der Waals surface area contributed by atoms with E-state index >= 15 is 0 Å². The van der Waals surface area contributed by atoms with Crippen LogP contribution in [0.3, 0.4) is 0 Å². The summed E-state index contributed by atoms with van der Waals surface area (Å²) in [4.78, 5) is 11.7. The topological polar surface area (TPSA) is 26.3 Å². The lowest BCUT2D eigenvalue weighted by Gasteiger charge is -2.10. The van der Waals surface area contributed by atoms with Crippen LogP contribution < -0.4 is 4.74 Å². The number of ketones is 1. The summed E-state index contributed by atoms with van der Waals surface area (Å²) in [6.45, 7) is 3.66. The summed E-state index contributed by atoms with van der Waals surface area (Å²) in [5.74, 6) is 0.798. The molecule has 2 heteroatoms. The van der Waals surface area contributed by atoms with Gasteiger partial charge in [-0.15, -0.1) is 0 Å². The third-order valence-electron chi connectivity index (χ3n) is 3.00. The molecule has 17 heavy (non-hydrogen) atoms. The van der Waals surface area contributed by atoms with Gasteiger partial charge in [0.2, 0.25) is 0 Å². The normalized spacial score (nSPS) is 14.3. The average Bonchev–Trinajstić information content (AvgIpc) is 2.75. The van der Waals surface area contributed by atoms with Gasteiger partial charge in [0.1, 0.15) is 5.75 Å². The SMILES string of the molecule is COc1ccc(C2=CC(C)=CC2)c(C(C)=O)c1. The number of allylic oxidation sites excluding steroid dienone is 4. The Balaban J connectivity index is 2.47. The standard InChI is InChI=1S/C15H16O2/c1-10-4-5-12(8-10)14-7-6-13(17-3)9-15(14)11(2)16/h4,6-9H,5H2,1-3H3. The first-order valence-corrected chi connectivity index (χ1v) is 5.68. The zero-order valence-corrected chi connectivity index (χ0v) is 10.4. The molecule has 0 radical (unpaired) electrons. The Bertz CT molecular complexity index is 522. The number of ether oxygens (including phenoxy) is 1. The fraction of sp³-hybridized carbons (Fsp3) is 0.267. The molecule has 0 saturated heterocycles. The van der Waals surface area contributed by atoms with Gasteiger partial charge in [0, 0.05) is 5.56 Å². The number of Topliss-reactive ketones (excluding diaryl/α,β-unsaturated/α-hetero) is 1. The summed E-state index contributed by atoms with van der Waals surface area (Å²) in [6, 6.07) is 5.68. The average molecular weight is 228 g/mol. The predicted octanol–water partition coefficient (Wildman–Crippen LogP) is 3.63. The highest BCUT2D eigenvalue weighted by Gasteiger charge is 2.14. The van der Waals surface area contributed by atoms with E-state index in [9.17, 15) is 4.79 Å². The van der Waals surface area contributed by atoms with Gasteiger partial charge in [-0.2, -0.15) is 0 Å². The summed E-state index contributed by atoms with van der Waals surface area (Å²) < 4.78 is 5.16. The minimum Gasteiger partial charge on any atom is -0.497 e. The number of carbonyl (C=O) groups is 1. The number of carbonyl (C=O) groups excluding carboxylic acids is 1. The van der Waals surface area contributed by atoms with Crippen molar-refractivity contribution in [3.8, 4) is 5.75 Å². The van der Waals surface area contributed by atoms with Crippen molar-refractivity contribution < 1.29 is 9.53 Å². The van der Waals surface area contributed by atoms with E-state index in [-0.39, 0.29) is 5.78 Å². The van der Waals surface area contributed by atoms with Crippen molar-refractivity contribution in [1.29, 1.82) is 0 Å². The lowest BCUT2D eigenvalue weighted by atomic mass is 9.96. The number of benzene rings is 1. The number of rotatable bonds is 3. The molecule has 0 spiro atoms. The minimum absolute atomic E-state index is 0.0735. The Kier molecular flexibility index (Phi) is 3.14. The van der Waals surface area contributed by atoms with Crippen molar-refractivity contribution in [3.63, 3.8) is 0 Å². The minimum atomic E-state index is 0.0735. The van der Waals surface area contributed by atoms with Crippen molar-refractivity contribution in [1.82, 2.24) is 0 Å². The van der Waals surface area contributed by atoms with Gasteiger partial charge in [-0.1, -0.05) is 23.8 Å². The van der Waals surface area contributed by atoms with Gasteiger partial charge in [-0.25, -0.2) is 0 Å². The van der Waals surface area contributed by atoms with Crippen molar-refractivity contribution in [2.24, 2.45) is 0 Å². The lowest BCUT2D eigenvalue weighted by Crippen LogP contribution is -1.99. The molecule has 1 aliphatic carbocycles. The van der Waals surface area contributed by atoms with E-state index in [1.165, 1.54) is 11.1 Å². The Morgan fingerprint density at radius 1 is 1.35 bits per heavy atom. The van der Waals surface area contributed by atoms with Crippen LogP contribution >= 0.6 is 0 Å². The fourth-order valence-electron chi connectivity index (χ4n) is 2.07. The van der Waals surface area contributed by atoms with Gasteiger partial charge >= 0.3 is 0 Å². The zero-order valence-electron chi connectivity index (χ0n) is 10.4. The first-order chi connectivity index (χ1) is 8.11. The second-order valence-corrected chi connectivity index (χ2v) is 4.29. The highest BCUT2D eigenvalue weighted by molar-refractivity contribution is 6.00. The van der Waals surface area contributed by atoms with E-state index in [1.54, 1.807) is 14.0 Å². The molecule has 2 rings (SSSR count). The Labute approximate surface area is 102 Å². The van der Waals surface area contributed by atoms with Gasteiger partial charge in [0.15, 0.2) is 5.78 Å². The Hall–Kier alpha value is -1.83. The highest BCUT2D eigenvalue weighted by atomic mass is 16.5.